The Morgan fingerprint density at radius 2 is 2.27 bits per heavy atom. The molecule has 1 fully saturated rings. The summed E-state index contributed by atoms with van der Waals surface area (Å²) in [4.78, 5) is 6.96. The fourth-order valence-corrected chi connectivity index (χ4v) is 4.01. The molecule has 0 aliphatic carbocycles. The van der Waals surface area contributed by atoms with E-state index in [2.05, 4.69) is 50.4 Å². The maximum absolute atomic E-state index is 5.78. The standard InChI is InChI=1S/C18H24N2OS/c1-5-7-12(3)18-19-16-9-8-14(10-17(16)22-18)20-11-15(6-2)21-13(20)4/h8-10,12,15H,4-7,11H2,1-3H3/t12-,15?/m1/s1. The van der Waals surface area contributed by atoms with Crippen molar-refractivity contribution in [2.45, 2.75) is 52.1 Å². The molecule has 1 unspecified atom stereocenters. The molecule has 1 aromatic heterocycles. The van der Waals surface area contributed by atoms with Gasteiger partial charge in [0, 0.05) is 11.6 Å². The van der Waals surface area contributed by atoms with Gasteiger partial charge in [0.15, 0.2) is 5.88 Å². The lowest BCUT2D eigenvalue weighted by Gasteiger charge is -2.16. The Bertz CT molecular complexity index is 679. The Morgan fingerprint density at radius 3 is 2.95 bits per heavy atom. The SMILES string of the molecule is C=C1OC(CC)CN1c1ccc2nc([C@H](C)CCC)sc2c1. The van der Waals surface area contributed by atoms with Crippen LogP contribution in [0, 0.1) is 0 Å². The van der Waals surface area contributed by atoms with Crippen LogP contribution in [0.15, 0.2) is 30.7 Å². The van der Waals surface area contributed by atoms with Gasteiger partial charge in [-0.25, -0.2) is 4.98 Å². The maximum atomic E-state index is 5.78. The summed E-state index contributed by atoms with van der Waals surface area (Å²) in [6, 6.07) is 6.47. The van der Waals surface area contributed by atoms with Gasteiger partial charge in [0.05, 0.1) is 21.8 Å². The summed E-state index contributed by atoms with van der Waals surface area (Å²) in [6.45, 7) is 11.6. The first-order valence-electron chi connectivity index (χ1n) is 8.16. The topological polar surface area (TPSA) is 25.4 Å². The monoisotopic (exact) mass is 316 g/mol. The van der Waals surface area contributed by atoms with E-state index >= 15 is 0 Å². The summed E-state index contributed by atoms with van der Waals surface area (Å²) >= 11 is 1.82. The number of aromatic nitrogens is 1. The Balaban J connectivity index is 1.88. The van der Waals surface area contributed by atoms with Crippen LogP contribution < -0.4 is 4.90 Å². The molecule has 0 radical (unpaired) electrons. The highest BCUT2D eigenvalue weighted by molar-refractivity contribution is 7.18. The lowest BCUT2D eigenvalue weighted by atomic mass is 10.1. The molecule has 1 saturated heterocycles. The van der Waals surface area contributed by atoms with Gasteiger partial charge in [-0.05, 0) is 37.6 Å². The minimum atomic E-state index is 0.254. The minimum absolute atomic E-state index is 0.254. The number of benzene rings is 1. The second kappa shape index (κ2) is 6.29. The van der Waals surface area contributed by atoms with Crippen molar-refractivity contribution in [3.8, 4) is 0 Å². The van der Waals surface area contributed by atoms with Gasteiger partial charge in [-0.15, -0.1) is 11.3 Å². The first-order chi connectivity index (χ1) is 10.6. The van der Waals surface area contributed by atoms with Crippen LogP contribution in [-0.4, -0.2) is 17.6 Å². The predicted octanol–water partition coefficient (Wildman–Crippen LogP) is 5.29. The van der Waals surface area contributed by atoms with Crippen molar-refractivity contribution in [2.75, 3.05) is 11.4 Å². The van der Waals surface area contributed by atoms with Crippen LogP contribution in [0.2, 0.25) is 0 Å². The molecule has 0 spiro atoms. The molecule has 2 aromatic rings. The third-order valence-corrected chi connectivity index (χ3v) is 5.54. The summed E-state index contributed by atoms with van der Waals surface area (Å²) in [6.07, 6.45) is 3.66. The average Bonchev–Trinajstić information content (AvgIpc) is 3.09. The number of anilines is 1. The number of fused-ring (bicyclic) bond motifs is 1. The number of hydrogen-bond acceptors (Lipinski definition) is 4. The zero-order valence-corrected chi connectivity index (χ0v) is 14.4. The number of hydrogen-bond donors (Lipinski definition) is 0. The Hall–Kier alpha value is -1.55. The molecule has 22 heavy (non-hydrogen) atoms. The summed E-state index contributed by atoms with van der Waals surface area (Å²) in [5.74, 6) is 1.30. The lowest BCUT2D eigenvalue weighted by Crippen LogP contribution is -2.19. The quantitative estimate of drug-likeness (QED) is 0.749. The van der Waals surface area contributed by atoms with E-state index < -0.39 is 0 Å². The van der Waals surface area contributed by atoms with Gasteiger partial charge in [-0.2, -0.15) is 0 Å². The first-order valence-corrected chi connectivity index (χ1v) is 8.97. The Morgan fingerprint density at radius 1 is 1.45 bits per heavy atom. The smallest absolute Gasteiger partial charge is 0.186 e. The fraction of sp³-hybridized carbons (Fsp3) is 0.500. The van der Waals surface area contributed by atoms with Crippen molar-refractivity contribution >= 4 is 27.2 Å². The molecule has 3 nitrogen and oxygen atoms in total. The molecular formula is C18H24N2OS. The van der Waals surface area contributed by atoms with Crippen LogP contribution in [0.25, 0.3) is 10.2 Å². The van der Waals surface area contributed by atoms with Crippen LogP contribution in [-0.2, 0) is 4.74 Å². The highest BCUT2D eigenvalue weighted by Gasteiger charge is 2.26. The molecule has 0 N–H and O–H groups in total. The summed E-state index contributed by atoms with van der Waals surface area (Å²) in [7, 11) is 0. The van der Waals surface area contributed by atoms with Crippen molar-refractivity contribution < 1.29 is 4.74 Å². The molecule has 2 heterocycles. The van der Waals surface area contributed by atoms with Crippen molar-refractivity contribution in [1.82, 2.24) is 4.98 Å². The zero-order valence-electron chi connectivity index (χ0n) is 13.6. The Labute approximate surface area is 136 Å². The average molecular weight is 316 g/mol. The minimum Gasteiger partial charge on any atom is -0.474 e. The number of ether oxygens (including phenoxy) is 1. The summed E-state index contributed by atoms with van der Waals surface area (Å²) in [5.41, 5.74) is 2.26. The lowest BCUT2D eigenvalue weighted by molar-refractivity contribution is 0.166. The van der Waals surface area contributed by atoms with E-state index in [9.17, 15) is 0 Å². The van der Waals surface area contributed by atoms with Crippen LogP contribution in [0.5, 0.6) is 0 Å². The molecule has 4 heteroatoms. The van der Waals surface area contributed by atoms with E-state index in [1.54, 1.807) is 0 Å². The summed E-state index contributed by atoms with van der Waals surface area (Å²) < 4.78 is 7.04. The zero-order chi connectivity index (χ0) is 15.7. The van der Waals surface area contributed by atoms with Crippen LogP contribution in [0.4, 0.5) is 5.69 Å². The van der Waals surface area contributed by atoms with E-state index in [4.69, 9.17) is 9.72 Å². The summed E-state index contributed by atoms with van der Waals surface area (Å²) in [5, 5.41) is 1.25. The largest absolute Gasteiger partial charge is 0.474 e. The van der Waals surface area contributed by atoms with Gasteiger partial charge in [0.1, 0.15) is 6.10 Å². The highest BCUT2D eigenvalue weighted by Crippen LogP contribution is 2.34. The molecule has 1 aliphatic heterocycles. The molecule has 1 aliphatic rings. The Kier molecular flexibility index (Phi) is 4.39. The second-order valence-electron chi connectivity index (χ2n) is 6.05. The molecule has 118 valence electrons. The van der Waals surface area contributed by atoms with Crippen LogP contribution in [0.1, 0.15) is 51.0 Å². The highest BCUT2D eigenvalue weighted by atomic mass is 32.1. The third kappa shape index (κ3) is 2.84. The van der Waals surface area contributed by atoms with Crippen LogP contribution in [0.3, 0.4) is 0 Å². The molecule has 0 bridgehead atoms. The molecule has 0 amide bonds. The normalized spacial score (nSPS) is 19.7. The molecular weight excluding hydrogens is 292 g/mol. The number of rotatable bonds is 5. The fourth-order valence-electron chi connectivity index (χ4n) is 2.93. The van der Waals surface area contributed by atoms with E-state index in [0.717, 1.165) is 30.1 Å². The van der Waals surface area contributed by atoms with Gasteiger partial charge in [0.25, 0.3) is 0 Å². The van der Waals surface area contributed by atoms with E-state index in [1.165, 1.54) is 22.5 Å². The van der Waals surface area contributed by atoms with Gasteiger partial charge >= 0.3 is 0 Å². The second-order valence-corrected chi connectivity index (χ2v) is 7.11. The van der Waals surface area contributed by atoms with E-state index in [-0.39, 0.29) is 6.10 Å². The number of thiazole rings is 1. The predicted molar refractivity (Wildman–Crippen MR) is 94.6 cm³/mol. The van der Waals surface area contributed by atoms with Crippen molar-refractivity contribution in [3.05, 3.63) is 35.7 Å². The van der Waals surface area contributed by atoms with Crippen molar-refractivity contribution in [2.24, 2.45) is 0 Å². The van der Waals surface area contributed by atoms with Gasteiger partial charge in [0.2, 0.25) is 0 Å². The van der Waals surface area contributed by atoms with Gasteiger partial charge in [-0.3, -0.25) is 0 Å². The molecule has 3 rings (SSSR count). The molecule has 0 saturated carbocycles. The van der Waals surface area contributed by atoms with E-state index in [0.29, 0.717) is 5.92 Å². The van der Waals surface area contributed by atoms with Gasteiger partial charge < -0.3 is 9.64 Å². The van der Waals surface area contributed by atoms with Gasteiger partial charge in [-0.1, -0.05) is 27.2 Å². The maximum Gasteiger partial charge on any atom is 0.186 e. The molecule has 1 aromatic carbocycles. The third-order valence-electron chi connectivity index (χ3n) is 4.29. The first kappa shape index (κ1) is 15.3. The van der Waals surface area contributed by atoms with Crippen LogP contribution >= 0.6 is 11.3 Å². The van der Waals surface area contributed by atoms with E-state index in [1.807, 2.05) is 11.3 Å². The number of nitrogens with zero attached hydrogens (tertiary/aromatic N) is 2. The van der Waals surface area contributed by atoms with Crippen molar-refractivity contribution in [1.29, 1.82) is 0 Å². The molecule has 2 atom stereocenters. The van der Waals surface area contributed by atoms with Crippen molar-refractivity contribution in [3.63, 3.8) is 0 Å².